The van der Waals surface area contributed by atoms with Crippen LogP contribution in [0.2, 0.25) is 0 Å². The molecule has 0 fully saturated rings. The van der Waals surface area contributed by atoms with E-state index in [2.05, 4.69) is 4.72 Å². The van der Waals surface area contributed by atoms with Gasteiger partial charge in [0.25, 0.3) is 0 Å². The highest BCUT2D eigenvalue weighted by Gasteiger charge is 2.12. The van der Waals surface area contributed by atoms with Gasteiger partial charge in [-0.3, -0.25) is 9.52 Å². The Kier molecular flexibility index (Phi) is 4.08. The van der Waals surface area contributed by atoms with E-state index in [1.165, 1.54) is 0 Å². The Morgan fingerprint density at radius 2 is 2.18 bits per heavy atom. The van der Waals surface area contributed by atoms with E-state index in [0.29, 0.717) is 11.3 Å². The Morgan fingerprint density at radius 1 is 1.53 bits per heavy atom. The maximum absolute atomic E-state index is 11.0. The molecule has 4 N–H and O–H groups in total. The summed E-state index contributed by atoms with van der Waals surface area (Å²) in [5.41, 5.74) is 6.44. The summed E-state index contributed by atoms with van der Waals surface area (Å²) in [6.07, 6.45) is 1.19. The van der Waals surface area contributed by atoms with Crippen LogP contribution in [0.1, 0.15) is 5.56 Å². The predicted octanol–water partition coefficient (Wildman–Crippen LogP) is 0.0125. The van der Waals surface area contributed by atoms with E-state index in [9.17, 15) is 13.2 Å². The van der Waals surface area contributed by atoms with E-state index in [0.717, 1.165) is 6.26 Å². The van der Waals surface area contributed by atoms with Crippen molar-refractivity contribution in [1.29, 1.82) is 0 Å². The SMILES string of the molecule is CS(=O)(=O)Nc1cccc(CC(N)C(=O)O)c1. The first kappa shape index (κ1) is 13.5. The highest BCUT2D eigenvalue weighted by Crippen LogP contribution is 2.13. The number of aliphatic carboxylic acids is 1. The predicted molar refractivity (Wildman–Crippen MR) is 64.2 cm³/mol. The summed E-state index contributed by atoms with van der Waals surface area (Å²) in [4.78, 5) is 10.6. The van der Waals surface area contributed by atoms with Crippen molar-refractivity contribution in [2.24, 2.45) is 5.73 Å². The van der Waals surface area contributed by atoms with Gasteiger partial charge in [0, 0.05) is 5.69 Å². The molecule has 0 saturated heterocycles. The number of hydrogen-bond donors (Lipinski definition) is 3. The van der Waals surface area contributed by atoms with E-state index in [4.69, 9.17) is 10.8 Å². The molecule has 1 aromatic rings. The number of nitrogens with one attached hydrogen (secondary N) is 1. The van der Waals surface area contributed by atoms with E-state index < -0.39 is 22.0 Å². The summed E-state index contributed by atoms with van der Waals surface area (Å²) in [5.74, 6) is -1.09. The monoisotopic (exact) mass is 258 g/mol. The summed E-state index contributed by atoms with van der Waals surface area (Å²) in [5, 5.41) is 8.66. The first-order chi connectivity index (χ1) is 7.78. The minimum Gasteiger partial charge on any atom is -0.480 e. The second kappa shape index (κ2) is 5.15. The van der Waals surface area contributed by atoms with Crippen LogP contribution in [0.4, 0.5) is 5.69 Å². The van der Waals surface area contributed by atoms with Gasteiger partial charge < -0.3 is 10.8 Å². The number of rotatable bonds is 5. The highest BCUT2D eigenvalue weighted by molar-refractivity contribution is 7.92. The van der Waals surface area contributed by atoms with Crippen LogP contribution in [0.5, 0.6) is 0 Å². The van der Waals surface area contributed by atoms with Gasteiger partial charge in [-0.05, 0) is 24.1 Å². The first-order valence-electron chi connectivity index (χ1n) is 4.83. The topological polar surface area (TPSA) is 109 Å². The smallest absolute Gasteiger partial charge is 0.320 e. The molecular formula is C10H14N2O4S. The second-order valence-corrected chi connectivity index (χ2v) is 5.47. The van der Waals surface area contributed by atoms with E-state index >= 15 is 0 Å². The molecule has 0 aliphatic heterocycles. The Labute approximate surface area is 99.5 Å². The number of carbonyl (C=O) groups is 1. The van der Waals surface area contributed by atoms with Crippen LogP contribution in [-0.4, -0.2) is 31.8 Å². The van der Waals surface area contributed by atoms with Gasteiger partial charge in [-0.1, -0.05) is 12.1 Å². The molecule has 0 aliphatic rings. The molecule has 7 heteroatoms. The fourth-order valence-electron chi connectivity index (χ4n) is 1.32. The van der Waals surface area contributed by atoms with E-state index in [1.807, 2.05) is 0 Å². The van der Waals surface area contributed by atoms with E-state index in [1.54, 1.807) is 24.3 Å². The summed E-state index contributed by atoms with van der Waals surface area (Å²) in [7, 11) is -3.34. The lowest BCUT2D eigenvalue weighted by atomic mass is 10.1. The maximum atomic E-state index is 11.0. The number of nitrogens with two attached hydrogens (primary N) is 1. The molecule has 0 bridgehead atoms. The number of carboxylic acid groups (broad SMARTS) is 1. The number of hydrogen-bond acceptors (Lipinski definition) is 4. The maximum Gasteiger partial charge on any atom is 0.320 e. The molecule has 0 amide bonds. The minimum absolute atomic E-state index is 0.147. The normalized spacial score (nSPS) is 13.1. The summed E-state index contributed by atoms with van der Waals surface area (Å²) in [6, 6.07) is 5.47. The summed E-state index contributed by atoms with van der Waals surface area (Å²) in [6.45, 7) is 0. The molecule has 94 valence electrons. The fraction of sp³-hybridized carbons (Fsp3) is 0.300. The summed E-state index contributed by atoms with van der Waals surface area (Å²) < 4.78 is 24.3. The van der Waals surface area contributed by atoms with Crippen molar-refractivity contribution in [2.45, 2.75) is 12.5 Å². The van der Waals surface area contributed by atoms with Gasteiger partial charge in [0.15, 0.2) is 0 Å². The van der Waals surface area contributed by atoms with Gasteiger partial charge in [0.2, 0.25) is 10.0 Å². The quantitative estimate of drug-likeness (QED) is 0.689. The molecule has 0 saturated carbocycles. The minimum atomic E-state index is -3.34. The molecule has 0 spiro atoms. The van der Waals surface area contributed by atoms with Crippen LogP contribution in [0.3, 0.4) is 0 Å². The second-order valence-electron chi connectivity index (χ2n) is 3.72. The average molecular weight is 258 g/mol. The van der Waals surface area contributed by atoms with Gasteiger partial charge in [-0.2, -0.15) is 0 Å². The average Bonchev–Trinajstić information content (AvgIpc) is 2.15. The molecule has 6 nitrogen and oxygen atoms in total. The van der Waals surface area contributed by atoms with Crippen molar-refractivity contribution >= 4 is 21.7 Å². The molecular weight excluding hydrogens is 244 g/mol. The Hall–Kier alpha value is -1.60. The zero-order valence-corrected chi connectivity index (χ0v) is 10.1. The molecule has 1 aromatic carbocycles. The molecule has 0 aliphatic carbocycles. The molecule has 0 aromatic heterocycles. The zero-order valence-electron chi connectivity index (χ0n) is 9.25. The van der Waals surface area contributed by atoms with Gasteiger partial charge in [0.1, 0.15) is 6.04 Å². The van der Waals surface area contributed by atoms with Crippen molar-refractivity contribution < 1.29 is 18.3 Å². The van der Waals surface area contributed by atoms with Gasteiger partial charge in [-0.15, -0.1) is 0 Å². The van der Waals surface area contributed by atoms with Crippen molar-refractivity contribution in [3.8, 4) is 0 Å². The van der Waals surface area contributed by atoms with Crippen LogP contribution >= 0.6 is 0 Å². The molecule has 0 heterocycles. The van der Waals surface area contributed by atoms with Crippen molar-refractivity contribution in [3.05, 3.63) is 29.8 Å². The number of carboxylic acids is 1. The summed E-state index contributed by atoms with van der Waals surface area (Å²) >= 11 is 0. The van der Waals surface area contributed by atoms with Crippen LogP contribution in [0, 0.1) is 0 Å². The van der Waals surface area contributed by atoms with Crippen LogP contribution < -0.4 is 10.5 Å². The highest BCUT2D eigenvalue weighted by atomic mass is 32.2. The third-order valence-corrected chi connectivity index (χ3v) is 2.61. The largest absolute Gasteiger partial charge is 0.480 e. The number of anilines is 1. The lowest BCUT2D eigenvalue weighted by Crippen LogP contribution is -2.32. The van der Waals surface area contributed by atoms with Gasteiger partial charge in [0.05, 0.1) is 6.26 Å². The number of benzene rings is 1. The number of sulfonamides is 1. The Balaban J connectivity index is 2.83. The third kappa shape index (κ3) is 4.83. The molecule has 0 radical (unpaired) electrons. The molecule has 1 unspecified atom stereocenters. The molecule has 17 heavy (non-hydrogen) atoms. The van der Waals surface area contributed by atoms with E-state index in [-0.39, 0.29) is 6.42 Å². The molecule has 1 atom stereocenters. The van der Waals surface area contributed by atoms with Crippen molar-refractivity contribution in [2.75, 3.05) is 11.0 Å². The van der Waals surface area contributed by atoms with Crippen LogP contribution in [0.25, 0.3) is 0 Å². The lowest BCUT2D eigenvalue weighted by molar-refractivity contribution is -0.138. The first-order valence-corrected chi connectivity index (χ1v) is 6.72. The van der Waals surface area contributed by atoms with Crippen LogP contribution in [-0.2, 0) is 21.2 Å². The third-order valence-electron chi connectivity index (χ3n) is 2.00. The van der Waals surface area contributed by atoms with Gasteiger partial charge in [-0.25, -0.2) is 8.42 Å². The van der Waals surface area contributed by atoms with Crippen molar-refractivity contribution in [1.82, 2.24) is 0 Å². The van der Waals surface area contributed by atoms with Crippen LogP contribution in [0.15, 0.2) is 24.3 Å². The lowest BCUT2D eigenvalue weighted by Gasteiger charge is -2.09. The van der Waals surface area contributed by atoms with Gasteiger partial charge >= 0.3 is 5.97 Å². The fourth-order valence-corrected chi connectivity index (χ4v) is 1.87. The molecule has 1 rings (SSSR count). The Bertz CT molecular complexity index is 513. The van der Waals surface area contributed by atoms with Crippen molar-refractivity contribution in [3.63, 3.8) is 0 Å². The standard InChI is InChI=1S/C10H14N2O4S/c1-17(15,16)12-8-4-2-3-7(5-8)6-9(11)10(13)14/h2-5,9,12H,6,11H2,1H3,(H,13,14). The Morgan fingerprint density at radius 3 is 2.71 bits per heavy atom. The zero-order chi connectivity index (χ0) is 13.1.